The zero-order chi connectivity index (χ0) is 23.0. The molecule has 10 heteroatoms. The number of carbonyl (C=O) groups excluding carboxylic acids is 1. The van der Waals surface area contributed by atoms with E-state index in [9.17, 15) is 4.79 Å². The molecule has 0 saturated heterocycles. The Morgan fingerprint density at radius 1 is 0.848 bits per heavy atom. The van der Waals surface area contributed by atoms with Gasteiger partial charge in [-0.05, 0) is 53.6 Å². The van der Waals surface area contributed by atoms with Crippen LogP contribution in [0.15, 0.2) is 82.0 Å². The summed E-state index contributed by atoms with van der Waals surface area (Å²) in [5, 5.41) is 16.1. The van der Waals surface area contributed by atoms with Gasteiger partial charge in [0.15, 0.2) is 11.5 Å². The minimum Gasteiger partial charge on any atom is -0.454 e. The van der Waals surface area contributed by atoms with E-state index in [-0.39, 0.29) is 12.8 Å². The van der Waals surface area contributed by atoms with Crippen LogP contribution in [0.5, 0.6) is 11.5 Å². The highest BCUT2D eigenvalue weighted by molar-refractivity contribution is 6.30. The lowest BCUT2D eigenvalue weighted by Crippen LogP contribution is -2.38. The summed E-state index contributed by atoms with van der Waals surface area (Å²) in [7, 11) is 0. The largest absolute Gasteiger partial charge is 0.454 e. The molecule has 33 heavy (non-hydrogen) atoms. The van der Waals surface area contributed by atoms with Gasteiger partial charge in [-0.25, -0.2) is 5.43 Å². The average molecular weight is 482 g/mol. The average Bonchev–Trinajstić information content (AvgIpc) is 3.29. The maximum absolute atomic E-state index is 12.7. The standard InChI is InChI=1S/C23H17Cl2N5O3/c24-18-6-1-15(2-7-18)12-26-29-23(30-27-13-16-3-8-19(25)9-4-16)28-22(31)17-5-10-20-21(11-17)33-14-32-20/h1-13H,14H2,(H2,28,29,30,31)/b26-12+,27-13+. The van der Waals surface area contributed by atoms with Crippen LogP contribution in [0.1, 0.15) is 21.5 Å². The number of fused-ring (bicyclic) bond motifs is 1. The predicted molar refractivity (Wildman–Crippen MR) is 129 cm³/mol. The molecule has 0 radical (unpaired) electrons. The van der Waals surface area contributed by atoms with E-state index in [4.69, 9.17) is 32.7 Å². The number of hydrogen-bond acceptors (Lipinski definition) is 6. The van der Waals surface area contributed by atoms with Gasteiger partial charge in [0.2, 0.25) is 12.8 Å². The Hall–Kier alpha value is -3.88. The van der Waals surface area contributed by atoms with Gasteiger partial charge < -0.3 is 9.47 Å². The fraction of sp³-hybridized carbons (Fsp3) is 0.0435. The molecule has 0 spiro atoms. The van der Waals surface area contributed by atoms with Crippen molar-refractivity contribution in [1.82, 2.24) is 10.7 Å². The zero-order valence-electron chi connectivity index (χ0n) is 17.0. The number of ether oxygens (including phenoxy) is 2. The molecule has 0 aliphatic carbocycles. The highest BCUT2D eigenvalue weighted by atomic mass is 35.5. The van der Waals surface area contributed by atoms with Crippen molar-refractivity contribution >= 4 is 47.5 Å². The van der Waals surface area contributed by atoms with Gasteiger partial charge in [0, 0.05) is 15.6 Å². The molecule has 166 valence electrons. The van der Waals surface area contributed by atoms with Gasteiger partial charge in [-0.2, -0.15) is 10.2 Å². The third-order valence-electron chi connectivity index (χ3n) is 4.36. The Labute approximate surface area is 199 Å². The number of rotatable bonds is 5. The van der Waals surface area contributed by atoms with Gasteiger partial charge in [0.1, 0.15) is 0 Å². The maximum Gasteiger partial charge on any atom is 0.258 e. The van der Waals surface area contributed by atoms with Crippen molar-refractivity contribution in [3.05, 3.63) is 93.5 Å². The number of hydrazone groups is 1. The summed E-state index contributed by atoms with van der Waals surface area (Å²) in [6.45, 7) is 0.119. The molecule has 1 heterocycles. The molecule has 3 aromatic rings. The Morgan fingerprint density at radius 3 is 2.18 bits per heavy atom. The number of benzene rings is 3. The number of halogens is 2. The van der Waals surface area contributed by atoms with Crippen molar-refractivity contribution in [1.29, 1.82) is 0 Å². The second-order valence-electron chi connectivity index (χ2n) is 6.69. The van der Waals surface area contributed by atoms with Crippen molar-refractivity contribution in [2.45, 2.75) is 0 Å². The van der Waals surface area contributed by atoms with Crippen LogP contribution in [0.2, 0.25) is 10.0 Å². The molecular formula is C23H17Cl2N5O3. The van der Waals surface area contributed by atoms with Crippen LogP contribution < -0.4 is 20.2 Å². The van der Waals surface area contributed by atoms with Gasteiger partial charge in [-0.15, -0.1) is 5.10 Å². The fourth-order valence-corrected chi connectivity index (χ4v) is 2.96. The Kier molecular flexibility index (Phi) is 7.19. The summed E-state index contributed by atoms with van der Waals surface area (Å²) in [4.78, 5) is 12.7. The lowest BCUT2D eigenvalue weighted by molar-refractivity contribution is 0.0975. The van der Waals surface area contributed by atoms with Crippen molar-refractivity contribution in [2.75, 3.05) is 6.79 Å². The van der Waals surface area contributed by atoms with Crippen LogP contribution in [-0.2, 0) is 0 Å². The Balaban J connectivity index is 1.49. The summed E-state index contributed by atoms with van der Waals surface area (Å²) in [6.07, 6.45) is 3.08. The van der Waals surface area contributed by atoms with Crippen LogP contribution in [-0.4, -0.2) is 31.1 Å². The molecule has 0 unspecified atom stereocenters. The smallest absolute Gasteiger partial charge is 0.258 e. The molecule has 8 nitrogen and oxygen atoms in total. The monoisotopic (exact) mass is 481 g/mol. The molecule has 2 N–H and O–H groups in total. The molecule has 3 aromatic carbocycles. The highest BCUT2D eigenvalue weighted by Crippen LogP contribution is 2.32. The van der Waals surface area contributed by atoms with E-state index >= 15 is 0 Å². The van der Waals surface area contributed by atoms with Crippen LogP contribution in [0.3, 0.4) is 0 Å². The van der Waals surface area contributed by atoms with Crippen molar-refractivity contribution in [2.24, 2.45) is 15.3 Å². The van der Waals surface area contributed by atoms with Gasteiger partial charge >= 0.3 is 0 Å². The molecule has 4 rings (SSSR count). The van der Waals surface area contributed by atoms with E-state index in [0.717, 1.165) is 11.1 Å². The third-order valence-corrected chi connectivity index (χ3v) is 4.86. The third kappa shape index (κ3) is 6.31. The lowest BCUT2D eigenvalue weighted by atomic mass is 10.2. The van der Waals surface area contributed by atoms with E-state index in [2.05, 4.69) is 26.0 Å². The molecule has 1 aliphatic rings. The van der Waals surface area contributed by atoms with Crippen molar-refractivity contribution < 1.29 is 14.3 Å². The minimum absolute atomic E-state index is 0.0214. The van der Waals surface area contributed by atoms with E-state index in [1.54, 1.807) is 72.9 Å². The van der Waals surface area contributed by atoms with E-state index in [1.807, 2.05) is 0 Å². The number of hydrogen-bond donors (Lipinski definition) is 2. The maximum atomic E-state index is 12.7. The second kappa shape index (κ2) is 10.6. The quantitative estimate of drug-likeness (QED) is 0.319. The SMILES string of the molecule is O=C(N/C(=N/N=C/c1ccc(Cl)cc1)N/N=C/c1ccc(Cl)cc1)c1ccc2c(c1)OCO2. The molecular weight excluding hydrogens is 465 g/mol. The number of guanidine groups is 1. The predicted octanol–water partition coefficient (Wildman–Crippen LogP) is 4.47. The van der Waals surface area contributed by atoms with Gasteiger partial charge in [0.25, 0.3) is 5.91 Å². The van der Waals surface area contributed by atoms with Crippen LogP contribution in [0.4, 0.5) is 0 Å². The topological polar surface area (TPSA) is 96.7 Å². The van der Waals surface area contributed by atoms with Gasteiger partial charge in [-0.1, -0.05) is 47.5 Å². The summed E-state index contributed by atoms with van der Waals surface area (Å²) in [6, 6.07) is 19.0. The Morgan fingerprint density at radius 2 is 1.48 bits per heavy atom. The normalized spacial score (nSPS) is 13.0. The van der Waals surface area contributed by atoms with E-state index in [1.165, 1.54) is 6.21 Å². The summed E-state index contributed by atoms with van der Waals surface area (Å²) in [5.41, 5.74) is 4.64. The zero-order valence-corrected chi connectivity index (χ0v) is 18.5. The van der Waals surface area contributed by atoms with E-state index < -0.39 is 5.91 Å². The molecule has 1 amide bonds. The number of nitrogens with one attached hydrogen (secondary N) is 2. The van der Waals surface area contributed by atoms with Gasteiger partial charge in [0.05, 0.1) is 12.4 Å². The van der Waals surface area contributed by atoms with E-state index in [0.29, 0.717) is 27.1 Å². The molecule has 0 bridgehead atoms. The molecule has 1 aliphatic heterocycles. The first-order valence-electron chi connectivity index (χ1n) is 9.69. The molecule has 0 atom stereocenters. The van der Waals surface area contributed by atoms with Crippen LogP contribution in [0.25, 0.3) is 0 Å². The van der Waals surface area contributed by atoms with Crippen molar-refractivity contribution in [3.8, 4) is 11.5 Å². The van der Waals surface area contributed by atoms with Crippen LogP contribution in [0, 0.1) is 0 Å². The van der Waals surface area contributed by atoms with Gasteiger partial charge in [-0.3, -0.25) is 10.1 Å². The molecule has 0 fully saturated rings. The number of carbonyl (C=O) groups is 1. The fourth-order valence-electron chi connectivity index (χ4n) is 2.71. The Bertz CT molecular complexity index is 1230. The second-order valence-corrected chi connectivity index (χ2v) is 7.56. The van der Waals surface area contributed by atoms with Crippen molar-refractivity contribution in [3.63, 3.8) is 0 Å². The number of nitrogens with zero attached hydrogens (tertiary/aromatic N) is 3. The molecule has 0 aromatic heterocycles. The molecule has 0 saturated carbocycles. The summed E-state index contributed by atoms with van der Waals surface area (Å²) >= 11 is 11.8. The summed E-state index contributed by atoms with van der Waals surface area (Å²) in [5.74, 6) is 0.672. The lowest BCUT2D eigenvalue weighted by Gasteiger charge is -2.07. The first-order chi connectivity index (χ1) is 16.1. The van der Waals surface area contributed by atoms with Crippen LogP contribution >= 0.6 is 23.2 Å². The number of amides is 1. The first-order valence-corrected chi connectivity index (χ1v) is 10.4. The summed E-state index contributed by atoms with van der Waals surface area (Å²) < 4.78 is 10.6. The highest BCUT2D eigenvalue weighted by Gasteiger charge is 2.17. The first kappa shape index (κ1) is 22.3. The minimum atomic E-state index is -0.428.